The quantitative estimate of drug-likeness (QED) is 0.607. The van der Waals surface area contributed by atoms with E-state index in [4.69, 9.17) is 0 Å². The largest absolute Gasteiger partial charge is 0.340 e. The van der Waals surface area contributed by atoms with Crippen molar-refractivity contribution in [3.05, 3.63) is 77.4 Å². The molecule has 1 aromatic heterocycles. The fourth-order valence-electron chi connectivity index (χ4n) is 2.63. The fourth-order valence-corrected chi connectivity index (χ4v) is 3.48. The van der Waals surface area contributed by atoms with Crippen LogP contribution < -0.4 is 0 Å². The molecule has 0 bridgehead atoms. The average molecular weight is 396 g/mol. The maximum absolute atomic E-state index is 13.3. The van der Waals surface area contributed by atoms with E-state index < -0.39 is 0 Å². The van der Waals surface area contributed by atoms with Crippen molar-refractivity contribution < 1.29 is 9.18 Å². The van der Waals surface area contributed by atoms with Gasteiger partial charge < -0.3 is 4.90 Å². The van der Waals surface area contributed by atoms with Crippen LogP contribution in [0.5, 0.6) is 0 Å². The summed E-state index contributed by atoms with van der Waals surface area (Å²) in [4.78, 5) is 18.6. The van der Waals surface area contributed by atoms with Gasteiger partial charge in [0, 0.05) is 13.6 Å². The van der Waals surface area contributed by atoms with Gasteiger partial charge >= 0.3 is 0 Å². The zero-order valence-electron chi connectivity index (χ0n) is 15.7. The van der Waals surface area contributed by atoms with Crippen molar-refractivity contribution in [2.24, 2.45) is 0 Å². The van der Waals surface area contributed by atoms with Gasteiger partial charge in [-0.1, -0.05) is 60.3 Å². The number of nitrogens with zero attached hydrogens (tertiary/aromatic N) is 3. The van der Waals surface area contributed by atoms with E-state index in [0.717, 1.165) is 11.1 Å². The van der Waals surface area contributed by atoms with Crippen LogP contribution in [-0.2, 0) is 11.3 Å². The van der Waals surface area contributed by atoms with E-state index >= 15 is 0 Å². The monoisotopic (exact) mass is 396 g/mol. The molecule has 1 amide bonds. The number of rotatable bonds is 7. The first-order chi connectivity index (χ1) is 13.5. The Balaban J connectivity index is 1.56. The molecule has 1 unspecified atom stereocenters. The van der Waals surface area contributed by atoms with E-state index in [1.807, 2.05) is 49.4 Å². The number of nitrogens with one attached hydrogen (secondary N) is 1. The number of aromatic amines is 1. The number of halogens is 1. The third-order valence-electron chi connectivity index (χ3n) is 4.03. The van der Waals surface area contributed by atoms with E-state index in [9.17, 15) is 9.18 Å². The van der Waals surface area contributed by atoms with Crippen LogP contribution in [0.25, 0.3) is 12.2 Å². The molecule has 7 heteroatoms. The van der Waals surface area contributed by atoms with Gasteiger partial charge in [0.25, 0.3) is 0 Å². The second kappa shape index (κ2) is 9.32. The minimum absolute atomic E-state index is 0.0690. The Kier molecular flexibility index (Phi) is 6.60. The highest BCUT2D eigenvalue weighted by Gasteiger charge is 2.20. The summed E-state index contributed by atoms with van der Waals surface area (Å²) >= 11 is 1.28. The molecule has 1 heterocycles. The zero-order valence-corrected chi connectivity index (χ0v) is 16.5. The van der Waals surface area contributed by atoms with Gasteiger partial charge in [-0.05, 0) is 36.3 Å². The highest BCUT2D eigenvalue weighted by atomic mass is 32.2. The molecule has 0 saturated carbocycles. The highest BCUT2D eigenvalue weighted by Crippen LogP contribution is 2.21. The van der Waals surface area contributed by atoms with Gasteiger partial charge in [0.15, 0.2) is 0 Å². The Morgan fingerprint density at radius 1 is 1.21 bits per heavy atom. The third kappa shape index (κ3) is 5.53. The molecule has 0 fully saturated rings. The second-order valence-corrected chi connectivity index (χ2v) is 7.64. The Labute approximate surface area is 167 Å². The zero-order chi connectivity index (χ0) is 19.9. The van der Waals surface area contributed by atoms with Crippen molar-refractivity contribution in [2.45, 2.75) is 23.9 Å². The van der Waals surface area contributed by atoms with Crippen molar-refractivity contribution in [3.8, 4) is 0 Å². The number of amides is 1. The lowest BCUT2D eigenvalue weighted by molar-refractivity contribution is -0.129. The molecule has 1 atom stereocenters. The second-order valence-electron chi connectivity index (χ2n) is 6.33. The highest BCUT2D eigenvalue weighted by molar-refractivity contribution is 8.00. The van der Waals surface area contributed by atoms with Crippen LogP contribution in [-0.4, -0.2) is 38.3 Å². The predicted octanol–water partition coefficient (Wildman–Crippen LogP) is 4.25. The summed E-state index contributed by atoms with van der Waals surface area (Å²) in [6.07, 6.45) is 3.78. The molecular formula is C21H21FN4OS. The van der Waals surface area contributed by atoms with E-state index in [1.165, 1.54) is 23.9 Å². The predicted molar refractivity (Wildman–Crippen MR) is 110 cm³/mol. The molecule has 0 aliphatic rings. The summed E-state index contributed by atoms with van der Waals surface area (Å²) in [7, 11) is 1.70. The molecule has 2 aromatic carbocycles. The molecule has 0 aliphatic heterocycles. The van der Waals surface area contributed by atoms with E-state index in [1.54, 1.807) is 24.1 Å². The van der Waals surface area contributed by atoms with Crippen LogP contribution in [0, 0.1) is 5.82 Å². The van der Waals surface area contributed by atoms with Crippen molar-refractivity contribution in [2.75, 3.05) is 7.05 Å². The van der Waals surface area contributed by atoms with Crippen molar-refractivity contribution >= 4 is 29.8 Å². The van der Waals surface area contributed by atoms with Gasteiger partial charge in [-0.2, -0.15) is 0 Å². The van der Waals surface area contributed by atoms with Gasteiger partial charge in [0.1, 0.15) is 11.6 Å². The number of hydrogen-bond donors (Lipinski definition) is 1. The molecule has 3 aromatic rings. The molecule has 0 radical (unpaired) electrons. The molecule has 0 saturated heterocycles. The van der Waals surface area contributed by atoms with Crippen LogP contribution in [0.1, 0.15) is 23.9 Å². The standard InChI is InChI=1S/C21H21FN4OS/c1-15(20(27)26(2)14-17-9-6-10-18(22)13-17)28-21-23-19(24-25-21)12-11-16-7-4-3-5-8-16/h3-13,15H,14H2,1-2H3,(H,23,24,25)/b12-11+. The lowest BCUT2D eigenvalue weighted by atomic mass is 10.2. The normalized spacial score (nSPS) is 12.2. The summed E-state index contributed by atoms with van der Waals surface area (Å²) in [6, 6.07) is 16.1. The number of carbonyl (C=O) groups excluding carboxylic acids is 1. The Hall–Kier alpha value is -2.93. The maximum Gasteiger partial charge on any atom is 0.235 e. The van der Waals surface area contributed by atoms with Gasteiger partial charge in [0.2, 0.25) is 11.1 Å². The van der Waals surface area contributed by atoms with Gasteiger partial charge in [-0.25, -0.2) is 9.37 Å². The summed E-state index contributed by atoms with van der Waals surface area (Å²) in [6.45, 7) is 2.16. The molecule has 0 aliphatic carbocycles. The van der Waals surface area contributed by atoms with Crippen molar-refractivity contribution in [1.29, 1.82) is 0 Å². The summed E-state index contributed by atoms with van der Waals surface area (Å²) in [5.74, 6) is 0.247. The van der Waals surface area contributed by atoms with Crippen molar-refractivity contribution in [3.63, 3.8) is 0 Å². The smallest absolute Gasteiger partial charge is 0.235 e. The van der Waals surface area contributed by atoms with Gasteiger partial charge in [-0.15, -0.1) is 5.10 Å². The van der Waals surface area contributed by atoms with Crippen molar-refractivity contribution in [1.82, 2.24) is 20.1 Å². The fraction of sp³-hybridized carbons (Fsp3) is 0.190. The number of hydrogen-bond acceptors (Lipinski definition) is 4. The van der Waals surface area contributed by atoms with E-state index in [0.29, 0.717) is 17.5 Å². The van der Waals surface area contributed by atoms with Crippen LogP contribution in [0.4, 0.5) is 4.39 Å². The van der Waals surface area contributed by atoms with E-state index in [-0.39, 0.29) is 17.0 Å². The SMILES string of the molecule is CC(Sc1n[nH]c(/C=C/c2ccccc2)n1)C(=O)N(C)Cc1cccc(F)c1. The Morgan fingerprint density at radius 2 is 2.00 bits per heavy atom. The van der Waals surface area contributed by atoms with Gasteiger partial charge in [-0.3, -0.25) is 9.89 Å². The first-order valence-electron chi connectivity index (χ1n) is 8.83. The number of carbonyl (C=O) groups is 1. The summed E-state index contributed by atoms with van der Waals surface area (Å²) < 4.78 is 13.3. The third-order valence-corrected chi connectivity index (χ3v) is 4.98. The number of benzene rings is 2. The summed E-state index contributed by atoms with van der Waals surface area (Å²) in [5, 5.41) is 7.17. The van der Waals surface area contributed by atoms with Gasteiger partial charge in [0.05, 0.1) is 5.25 Å². The summed E-state index contributed by atoms with van der Waals surface area (Å²) in [5.41, 5.74) is 1.81. The topological polar surface area (TPSA) is 61.9 Å². The molecule has 28 heavy (non-hydrogen) atoms. The minimum Gasteiger partial charge on any atom is -0.340 e. The molecule has 3 rings (SSSR count). The number of H-pyrrole nitrogens is 1. The molecule has 1 N–H and O–H groups in total. The number of thioether (sulfide) groups is 1. The van der Waals surface area contributed by atoms with Crippen LogP contribution in [0.15, 0.2) is 59.8 Å². The number of aromatic nitrogens is 3. The lowest BCUT2D eigenvalue weighted by Gasteiger charge is -2.20. The lowest BCUT2D eigenvalue weighted by Crippen LogP contribution is -2.32. The molecule has 5 nitrogen and oxygen atoms in total. The average Bonchev–Trinajstić information content (AvgIpc) is 3.14. The van der Waals surface area contributed by atoms with E-state index in [2.05, 4.69) is 15.2 Å². The maximum atomic E-state index is 13.3. The van der Waals surface area contributed by atoms with Crippen LogP contribution in [0.2, 0.25) is 0 Å². The molecule has 0 spiro atoms. The van der Waals surface area contributed by atoms with Crippen LogP contribution in [0.3, 0.4) is 0 Å². The molecule has 144 valence electrons. The first-order valence-corrected chi connectivity index (χ1v) is 9.71. The minimum atomic E-state index is -0.361. The Bertz CT molecular complexity index is 958. The Morgan fingerprint density at radius 3 is 2.75 bits per heavy atom. The van der Waals surface area contributed by atoms with Crippen LogP contribution >= 0.6 is 11.8 Å². The molecular weight excluding hydrogens is 375 g/mol. The first kappa shape index (κ1) is 19.8.